The summed E-state index contributed by atoms with van der Waals surface area (Å²) in [6.45, 7) is 6.81. The van der Waals surface area contributed by atoms with Crippen LogP contribution >= 0.6 is 0 Å². The molecule has 0 aliphatic heterocycles. The standard InChI is InChI=1S/C15H21NO2/c1-10-6-11(8-15(2,3)7-10)12-4-5-16-9-13(12)14(17)18/h4-5,9-11H,6-8H2,1-3H3,(H,17,18)/t10-,11-/m1/s1. The number of hydrogen-bond donors (Lipinski definition) is 1. The van der Waals surface area contributed by atoms with Crippen LogP contribution in [0.5, 0.6) is 0 Å². The van der Waals surface area contributed by atoms with E-state index in [0.717, 1.165) is 18.4 Å². The van der Waals surface area contributed by atoms with Gasteiger partial charge in [-0.15, -0.1) is 0 Å². The lowest BCUT2D eigenvalue weighted by Gasteiger charge is -2.39. The molecule has 1 N–H and O–H groups in total. The van der Waals surface area contributed by atoms with Gasteiger partial charge < -0.3 is 5.11 Å². The first-order valence-electron chi connectivity index (χ1n) is 6.56. The van der Waals surface area contributed by atoms with Crippen LogP contribution in [0.3, 0.4) is 0 Å². The summed E-state index contributed by atoms with van der Waals surface area (Å²) in [6, 6.07) is 1.88. The zero-order chi connectivity index (χ0) is 13.3. The highest BCUT2D eigenvalue weighted by molar-refractivity contribution is 5.89. The molecule has 0 bridgehead atoms. The van der Waals surface area contributed by atoms with Crippen molar-refractivity contribution in [1.82, 2.24) is 4.98 Å². The predicted octanol–water partition coefficient (Wildman–Crippen LogP) is 3.71. The largest absolute Gasteiger partial charge is 0.478 e. The van der Waals surface area contributed by atoms with E-state index in [4.69, 9.17) is 0 Å². The molecule has 1 aromatic heterocycles. The van der Waals surface area contributed by atoms with Crippen LogP contribution in [0.2, 0.25) is 0 Å². The summed E-state index contributed by atoms with van der Waals surface area (Å²) in [5.41, 5.74) is 1.62. The lowest BCUT2D eigenvalue weighted by molar-refractivity contribution is 0.0692. The molecular formula is C15H21NO2. The van der Waals surface area contributed by atoms with Gasteiger partial charge in [-0.2, -0.15) is 0 Å². The number of carboxylic acid groups (broad SMARTS) is 1. The van der Waals surface area contributed by atoms with Gasteiger partial charge in [0.25, 0.3) is 0 Å². The number of carbonyl (C=O) groups is 1. The van der Waals surface area contributed by atoms with Crippen LogP contribution in [0.1, 0.15) is 61.9 Å². The zero-order valence-electron chi connectivity index (χ0n) is 11.3. The van der Waals surface area contributed by atoms with E-state index in [1.54, 1.807) is 6.20 Å². The number of pyridine rings is 1. The molecular weight excluding hydrogens is 226 g/mol. The van der Waals surface area contributed by atoms with Crippen LogP contribution in [0.15, 0.2) is 18.5 Å². The molecule has 0 unspecified atom stereocenters. The smallest absolute Gasteiger partial charge is 0.337 e. The van der Waals surface area contributed by atoms with Gasteiger partial charge in [-0.1, -0.05) is 20.8 Å². The van der Waals surface area contributed by atoms with Gasteiger partial charge in [0.05, 0.1) is 5.56 Å². The van der Waals surface area contributed by atoms with Crippen LogP contribution in [-0.2, 0) is 0 Å². The predicted molar refractivity (Wildman–Crippen MR) is 70.7 cm³/mol. The quantitative estimate of drug-likeness (QED) is 0.866. The molecule has 1 aliphatic rings. The van der Waals surface area contributed by atoms with Gasteiger partial charge in [-0.05, 0) is 48.1 Å². The molecule has 3 nitrogen and oxygen atoms in total. The Balaban J connectivity index is 2.34. The van der Waals surface area contributed by atoms with Crippen molar-refractivity contribution >= 4 is 5.97 Å². The monoisotopic (exact) mass is 247 g/mol. The van der Waals surface area contributed by atoms with Gasteiger partial charge in [0.15, 0.2) is 0 Å². The van der Waals surface area contributed by atoms with Crippen LogP contribution < -0.4 is 0 Å². The number of aromatic carboxylic acids is 1. The fourth-order valence-corrected chi connectivity index (χ4v) is 3.52. The average Bonchev–Trinajstić information content (AvgIpc) is 2.26. The Morgan fingerprint density at radius 3 is 2.78 bits per heavy atom. The molecule has 1 aliphatic carbocycles. The highest BCUT2D eigenvalue weighted by atomic mass is 16.4. The Bertz CT molecular complexity index is 454. The van der Waals surface area contributed by atoms with Crippen LogP contribution in [0.4, 0.5) is 0 Å². The maximum atomic E-state index is 11.3. The van der Waals surface area contributed by atoms with Gasteiger partial charge >= 0.3 is 5.97 Å². The third-order valence-electron chi connectivity index (χ3n) is 3.91. The lowest BCUT2D eigenvalue weighted by atomic mass is 9.66. The summed E-state index contributed by atoms with van der Waals surface area (Å²) >= 11 is 0. The van der Waals surface area contributed by atoms with Crippen LogP contribution in [0.25, 0.3) is 0 Å². The summed E-state index contributed by atoms with van der Waals surface area (Å²) in [5.74, 6) is 0.126. The van der Waals surface area contributed by atoms with Gasteiger partial charge in [0.2, 0.25) is 0 Å². The molecule has 0 spiro atoms. The average molecular weight is 247 g/mol. The highest BCUT2D eigenvalue weighted by Crippen LogP contribution is 2.46. The molecule has 1 heterocycles. The number of aromatic nitrogens is 1. The van der Waals surface area contributed by atoms with Crippen LogP contribution in [0, 0.1) is 11.3 Å². The van der Waals surface area contributed by atoms with Crippen molar-refractivity contribution in [3.63, 3.8) is 0 Å². The molecule has 0 saturated heterocycles. The summed E-state index contributed by atoms with van der Waals surface area (Å²) < 4.78 is 0. The van der Waals surface area contributed by atoms with Gasteiger partial charge in [0, 0.05) is 12.4 Å². The number of hydrogen-bond acceptors (Lipinski definition) is 2. The van der Waals surface area contributed by atoms with Gasteiger partial charge in [-0.25, -0.2) is 4.79 Å². The van der Waals surface area contributed by atoms with Gasteiger partial charge in [-0.3, -0.25) is 4.98 Å². The molecule has 3 heteroatoms. The molecule has 2 rings (SSSR count). The van der Waals surface area contributed by atoms with Crippen molar-refractivity contribution in [1.29, 1.82) is 0 Å². The van der Waals surface area contributed by atoms with Crippen molar-refractivity contribution in [3.05, 3.63) is 29.6 Å². The highest BCUT2D eigenvalue weighted by Gasteiger charge is 2.34. The second kappa shape index (κ2) is 4.71. The minimum atomic E-state index is -0.867. The lowest BCUT2D eigenvalue weighted by Crippen LogP contribution is -2.27. The van der Waals surface area contributed by atoms with E-state index in [9.17, 15) is 9.90 Å². The minimum Gasteiger partial charge on any atom is -0.478 e. The van der Waals surface area contributed by atoms with Crippen LogP contribution in [-0.4, -0.2) is 16.1 Å². The zero-order valence-corrected chi connectivity index (χ0v) is 11.3. The van der Waals surface area contributed by atoms with Crippen molar-refractivity contribution in [2.75, 3.05) is 0 Å². The summed E-state index contributed by atoms with van der Waals surface area (Å²) in [5, 5.41) is 9.25. The van der Waals surface area contributed by atoms with E-state index in [1.165, 1.54) is 12.6 Å². The first-order valence-corrected chi connectivity index (χ1v) is 6.56. The first-order chi connectivity index (χ1) is 8.39. The van der Waals surface area contributed by atoms with Crippen molar-refractivity contribution in [3.8, 4) is 0 Å². The molecule has 1 fully saturated rings. The number of carboxylic acids is 1. The Kier molecular flexibility index (Phi) is 3.42. The van der Waals surface area contributed by atoms with E-state index in [-0.39, 0.29) is 0 Å². The normalized spacial score (nSPS) is 26.8. The van der Waals surface area contributed by atoms with E-state index < -0.39 is 5.97 Å². The number of nitrogens with zero attached hydrogens (tertiary/aromatic N) is 1. The molecule has 0 radical (unpaired) electrons. The van der Waals surface area contributed by atoms with Crippen molar-refractivity contribution in [2.24, 2.45) is 11.3 Å². The molecule has 1 aromatic rings. The van der Waals surface area contributed by atoms with E-state index in [2.05, 4.69) is 25.8 Å². The Morgan fingerprint density at radius 1 is 1.44 bits per heavy atom. The van der Waals surface area contributed by atoms with Crippen molar-refractivity contribution < 1.29 is 9.90 Å². The van der Waals surface area contributed by atoms with E-state index >= 15 is 0 Å². The fourth-order valence-electron chi connectivity index (χ4n) is 3.52. The topological polar surface area (TPSA) is 50.2 Å². The van der Waals surface area contributed by atoms with Crippen molar-refractivity contribution in [2.45, 2.75) is 46.0 Å². The summed E-state index contributed by atoms with van der Waals surface area (Å²) in [4.78, 5) is 15.2. The SMILES string of the molecule is C[C@@H]1C[C@@H](c2ccncc2C(=O)O)CC(C)(C)C1. The Morgan fingerprint density at radius 2 is 2.17 bits per heavy atom. The van der Waals surface area contributed by atoms with E-state index in [0.29, 0.717) is 22.8 Å². The third kappa shape index (κ3) is 2.71. The van der Waals surface area contributed by atoms with E-state index in [1.807, 2.05) is 6.07 Å². The molecule has 98 valence electrons. The second-order valence-corrected chi connectivity index (χ2v) is 6.38. The molecule has 18 heavy (non-hydrogen) atoms. The molecule has 1 saturated carbocycles. The summed E-state index contributed by atoms with van der Waals surface area (Å²) in [6.07, 6.45) is 6.53. The first kappa shape index (κ1) is 13.1. The maximum Gasteiger partial charge on any atom is 0.337 e. The summed E-state index contributed by atoms with van der Waals surface area (Å²) in [7, 11) is 0. The molecule has 2 atom stereocenters. The molecule has 0 amide bonds. The van der Waals surface area contributed by atoms with Gasteiger partial charge in [0.1, 0.15) is 0 Å². The molecule has 0 aromatic carbocycles. The maximum absolute atomic E-state index is 11.3. The second-order valence-electron chi connectivity index (χ2n) is 6.38. The fraction of sp³-hybridized carbons (Fsp3) is 0.600. The third-order valence-corrected chi connectivity index (χ3v) is 3.91. The Hall–Kier alpha value is -1.38. The number of rotatable bonds is 2. The minimum absolute atomic E-state index is 0.293. The Labute approximate surface area is 108 Å².